The van der Waals surface area contributed by atoms with E-state index >= 15 is 0 Å². The SMILES string of the molecule is O=C(Nc1cccc(Cl)c1)c1ccc(NC2CCCCC2)nn1. The molecule has 0 bridgehead atoms. The number of nitrogens with zero attached hydrogens (tertiary/aromatic N) is 2. The van der Waals surface area contributed by atoms with Gasteiger partial charge in [0.25, 0.3) is 5.91 Å². The summed E-state index contributed by atoms with van der Waals surface area (Å²) in [6, 6.07) is 10.9. The van der Waals surface area contributed by atoms with Crippen LogP contribution in [0.2, 0.25) is 5.02 Å². The zero-order valence-corrected chi connectivity index (χ0v) is 13.5. The summed E-state index contributed by atoms with van der Waals surface area (Å²) in [5.41, 5.74) is 0.910. The predicted molar refractivity (Wildman–Crippen MR) is 91.9 cm³/mol. The van der Waals surface area contributed by atoms with E-state index in [4.69, 9.17) is 11.6 Å². The summed E-state index contributed by atoms with van der Waals surface area (Å²) < 4.78 is 0. The van der Waals surface area contributed by atoms with Gasteiger partial charge in [0.15, 0.2) is 5.69 Å². The summed E-state index contributed by atoms with van der Waals surface area (Å²) >= 11 is 5.90. The third kappa shape index (κ3) is 4.42. The molecule has 0 saturated heterocycles. The van der Waals surface area contributed by atoms with Crippen LogP contribution in [0.3, 0.4) is 0 Å². The molecule has 1 saturated carbocycles. The van der Waals surface area contributed by atoms with Crippen molar-refractivity contribution in [2.45, 2.75) is 38.1 Å². The van der Waals surface area contributed by atoms with Crippen LogP contribution < -0.4 is 10.6 Å². The number of hydrogen-bond donors (Lipinski definition) is 2. The van der Waals surface area contributed by atoms with Gasteiger partial charge in [-0.15, -0.1) is 10.2 Å². The van der Waals surface area contributed by atoms with Gasteiger partial charge in [0.05, 0.1) is 0 Å². The minimum Gasteiger partial charge on any atom is -0.366 e. The number of nitrogens with one attached hydrogen (secondary N) is 2. The van der Waals surface area contributed by atoms with Gasteiger partial charge >= 0.3 is 0 Å². The molecule has 2 aromatic rings. The van der Waals surface area contributed by atoms with Crippen molar-refractivity contribution >= 4 is 29.0 Å². The standard InChI is InChI=1S/C17H19ClN4O/c18-12-5-4-8-14(11-12)20-17(23)15-9-10-16(22-21-15)19-13-6-2-1-3-7-13/h4-5,8-11,13H,1-3,6-7H2,(H,19,22)(H,20,23). The molecule has 1 heterocycles. The molecule has 1 aliphatic rings. The van der Waals surface area contributed by atoms with Gasteiger partial charge in [0.2, 0.25) is 0 Å². The highest BCUT2D eigenvalue weighted by Crippen LogP contribution is 2.20. The van der Waals surface area contributed by atoms with Crippen molar-refractivity contribution in [3.63, 3.8) is 0 Å². The zero-order valence-electron chi connectivity index (χ0n) is 12.8. The third-order valence-electron chi connectivity index (χ3n) is 3.94. The topological polar surface area (TPSA) is 66.9 Å². The van der Waals surface area contributed by atoms with E-state index in [1.165, 1.54) is 32.1 Å². The number of halogens is 1. The second-order valence-corrected chi connectivity index (χ2v) is 6.18. The first-order valence-electron chi connectivity index (χ1n) is 7.88. The average molecular weight is 331 g/mol. The summed E-state index contributed by atoms with van der Waals surface area (Å²) in [5.74, 6) is 0.417. The molecule has 1 aliphatic carbocycles. The fourth-order valence-electron chi connectivity index (χ4n) is 2.75. The molecular weight excluding hydrogens is 312 g/mol. The highest BCUT2D eigenvalue weighted by atomic mass is 35.5. The van der Waals surface area contributed by atoms with Crippen molar-refractivity contribution in [2.75, 3.05) is 10.6 Å². The highest BCUT2D eigenvalue weighted by Gasteiger charge is 2.14. The van der Waals surface area contributed by atoms with Crippen LogP contribution in [0.4, 0.5) is 11.5 Å². The second kappa shape index (κ2) is 7.42. The lowest BCUT2D eigenvalue weighted by atomic mass is 9.95. The second-order valence-electron chi connectivity index (χ2n) is 5.75. The predicted octanol–water partition coefficient (Wildman–Crippen LogP) is 4.13. The Morgan fingerprint density at radius 1 is 1.09 bits per heavy atom. The van der Waals surface area contributed by atoms with E-state index in [1.807, 2.05) is 0 Å². The van der Waals surface area contributed by atoms with Crippen LogP contribution >= 0.6 is 11.6 Å². The summed E-state index contributed by atoms with van der Waals surface area (Å²) in [7, 11) is 0. The fraction of sp³-hybridized carbons (Fsp3) is 0.353. The summed E-state index contributed by atoms with van der Waals surface area (Å²) in [5, 5.41) is 14.8. The number of hydrogen-bond acceptors (Lipinski definition) is 4. The largest absolute Gasteiger partial charge is 0.366 e. The van der Waals surface area contributed by atoms with Crippen molar-refractivity contribution in [1.82, 2.24) is 10.2 Å². The molecule has 5 nitrogen and oxygen atoms in total. The van der Waals surface area contributed by atoms with E-state index in [1.54, 1.807) is 36.4 Å². The third-order valence-corrected chi connectivity index (χ3v) is 4.17. The van der Waals surface area contributed by atoms with Crippen LogP contribution in [0, 0.1) is 0 Å². The average Bonchev–Trinajstić information content (AvgIpc) is 2.56. The maximum absolute atomic E-state index is 12.1. The van der Waals surface area contributed by atoms with Crippen LogP contribution in [-0.4, -0.2) is 22.1 Å². The highest BCUT2D eigenvalue weighted by molar-refractivity contribution is 6.30. The Hall–Kier alpha value is -2.14. The Bertz CT molecular complexity index is 669. The van der Waals surface area contributed by atoms with E-state index in [-0.39, 0.29) is 11.6 Å². The molecular formula is C17H19ClN4O. The van der Waals surface area contributed by atoms with Gasteiger partial charge in [-0.1, -0.05) is 36.9 Å². The van der Waals surface area contributed by atoms with Gasteiger partial charge in [-0.3, -0.25) is 4.79 Å². The normalized spacial score (nSPS) is 15.2. The van der Waals surface area contributed by atoms with Crippen LogP contribution in [0.5, 0.6) is 0 Å². The number of carbonyl (C=O) groups excluding carboxylic acids is 1. The zero-order chi connectivity index (χ0) is 16.1. The maximum Gasteiger partial charge on any atom is 0.276 e. The van der Waals surface area contributed by atoms with Crippen molar-refractivity contribution in [3.05, 3.63) is 47.1 Å². The lowest BCUT2D eigenvalue weighted by molar-refractivity contribution is 0.102. The van der Waals surface area contributed by atoms with Crippen LogP contribution in [-0.2, 0) is 0 Å². The molecule has 3 rings (SSSR count). The molecule has 1 amide bonds. The molecule has 120 valence electrons. The van der Waals surface area contributed by atoms with Crippen molar-refractivity contribution in [3.8, 4) is 0 Å². The van der Waals surface area contributed by atoms with Crippen molar-refractivity contribution in [1.29, 1.82) is 0 Å². The summed E-state index contributed by atoms with van der Waals surface area (Å²) in [4.78, 5) is 12.1. The van der Waals surface area contributed by atoms with E-state index in [2.05, 4.69) is 20.8 Å². The Labute approximate surface area is 140 Å². The summed E-state index contributed by atoms with van der Waals surface area (Å²) in [6.07, 6.45) is 6.15. The number of aromatic nitrogens is 2. The van der Waals surface area contributed by atoms with Gasteiger partial charge in [-0.25, -0.2) is 0 Å². The Morgan fingerprint density at radius 2 is 1.91 bits per heavy atom. The number of anilines is 2. The van der Waals surface area contributed by atoms with Crippen LogP contribution in [0.1, 0.15) is 42.6 Å². The molecule has 0 spiro atoms. The maximum atomic E-state index is 12.1. The Kier molecular flexibility index (Phi) is 5.08. The molecule has 0 atom stereocenters. The minimum absolute atomic E-state index is 0.277. The Balaban J connectivity index is 1.60. The minimum atomic E-state index is -0.302. The smallest absolute Gasteiger partial charge is 0.276 e. The van der Waals surface area contributed by atoms with Crippen LogP contribution in [0.15, 0.2) is 36.4 Å². The molecule has 2 N–H and O–H groups in total. The molecule has 0 unspecified atom stereocenters. The number of amides is 1. The van der Waals surface area contributed by atoms with Crippen LogP contribution in [0.25, 0.3) is 0 Å². The van der Waals surface area contributed by atoms with Crippen molar-refractivity contribution < 1.29 is 4.79 Å². The number of carbonyl (C=O) groups is 1. The quantitative estimate of drug-likeness (QED) is 0.884. The first-order chi connectivity index (χ1) is 11.2. The Morgan fingerprint density at radius 3 is 2.61 bits per heavy atom. The molecule has 0 radical (unpaired) electrons. The summed E-state index contributed by atoms with van der Waals surface area (Å²) in [6.45, 7) is 0. The molecule has 0 aliphatic heterocycles. The molecule has 1 fully saturated rings. The van der Waals surface area contributed by atoms with Crippen molar-refractivity contribution in [2.24, 2.45) is 0 Å². The van der Waals surface area contributed by atoms with E-state index < -0.39 is 0 Å². The molecule has 1 aromatic carbocycles. The lowest BCUT2D eigenvalue weighted by Crippen LogP contribution is -2.23. The van der Waals surface area contributed by atoms with E-state index in [0.717, 1.165) is 5.82 Å². The van der Waals surface area contributed by atoms with E-state index in [9.17, 15) is 4.79 Å². The lowest BCUT2D eigenvalue weighted by Gasteiger charge is -2.22. The van der Waals surface area contributed by atoms with Gasteiger partial charge in [-0.2, -0.15) is 0 Å². The van der Waals surface area contributed by atoms with Gasteiger partial charge < -0.3 is 10.6 Å². The first-order valence-corrected chi connectivity index (χ1v) is 8.26. The fourth-order valence-corrected chi connectivity index (χ4v) is 2.94. The number of benzene rings is 1. The van der Waals surface area contributed by atoms with Gasteiger partial charge in [0.1, 0.15) is 5.82 Å². The van der Waals surface area contributed by atoms with Gasteiger partial charge in [0, 0.05) is 16.8 Å². The molecule has 1 aromatic heterocycles. The monoisotopic (exact) mass is 330 g/mol. The molecule has 23 heavy (non-hydrogen) atoms. The molecule has 6 heteroatoms. The first kappa shape index (κ1) is 15.7. The van der Waals surface area contributed by atoms with E-state index in [0.29, 0.717) is 16.8 Å². The number of rotatable bonds is 4. The van der Waals surface area contributed by atoms with Gasteiger partial charge in [-0.05, 0) is 43.2 Å².